The molecule has 2 fully saturated rings. The van der Waals surface area contributed by atoms with Gasteiger partial charge in [0, 0.05) is 58.9 Å². The summed E-state index contributed by atoms with van der Waals surface area (Å²) in [5, 5.41) is 0. The highest BCUT2D eigenvalue weighted by atomic mass is 16.5. The van der Waals surface area contributed by atoms with E-state index in [9.17, 15) is 0 Å². The lowest BCUT2D eigenvalue weighted by molar-refractivity contribution is 0.0761. The minimum atomic E-state index is 0.345. The van der Waals surface area contributed by atoms with Crippen molar-refractivity contribution in [3.63, 3.8) is 0 Å². The van der Waals surface area contributed by atoms with Gasteiger partial charge in [-0.15, -0.1) is 0 Å². The average Bonchev–Trinajstić information content (AvgIpc) is 2.98. The van der Waals surface area contributed by atoms with Gasteiger partial charge in [0.1, 0.15) is 12.1 Å². The van der Waals surface area contributed by atoms with Crippen LogP contribution in [0.2, 0.25) is 0 Å². The summed E-state index contributed by atoms with van der Waals surface area (Å²) in [7, 11) is 5.22. The fourth-order valence-corrected chi connectivity index (χ4v) is 4.33. The number of ether oxygens (including phenoxy) is 3. The van der Waals surface area contributed by atoms with E-state index in [-0.39, 0.29) is 0 Å². The van der Waals surface area contributed by atoms with Crippen LogP contribution < -0.4 is 9.64 Å². The highest BCUT2D eigenvalue weighted by molar-refractivity contribution is 5.41. The predicted molar refractivity (Wildman–Crippen MR) is 96.1 cm³/mol. The molecule has 0 N–H and O–H groups in total. The Morgan fingerprint density at radius 3 is 2.64 bits per heavy atom. The Morgan fingerprint density at radius 1 is 1.16 bits per heavy atom. The molecular formula is C18H30N4O3. The summed E-state index contributed by atoms with van der Waals surface area (Å²) in [5.41, 5.74) is 0.345. The Hall–Kier alpha value is -1.44. The lowest BCUT2D eigenvalue weighted by Crippen LogP contribution is -2.45. The van der Waals surface area contributed by atoms with Crippen molar-refractivity contribution in [1.82, 2.24) is 14.9 Å². The number of hydrogen-bond donors (Lipinski definition) is 0. The lowest BCUT2D eigenvalue weighted by atomic mass is 9.71. The van der Waals surface area contributed by atoms with Gasteiger partial charge >= 0.3 is 0 Å². The Kier molecular flexibility index (Phi) is 6.09. The maximum absolute atomic E-state index is 5.54. The molecule has 1 atom stereocenters. The van der Waals surface area contributed by atoms with E-state index in [1.807, 2.05) is 13.2 Å². The van der Waals surface area contributed by atoms with E-state index in [2.05, 4.69) is 19.8 Å². The van der Waals surface area contributed by atoms with Gasteiger partial charge in [0.2, 0.25) is 5.88 Å². The topological polar surface area (TPSA) is 60.0 Å². The van der Waals surface area contributed by atoms with Crippen molar-refractivity contribution in [3.05, 3.63) is 12.4 Å². The molecule has 0 aromatic carbocycles. The molecule has 1 aromatic rings. The molecule has 0 amide bonds. The van der Waals surface area contributed by atoms with Gasteiger partial charge < -0.3 is 24.0 Å². The Morgan fingerprint density at radius 2 is 1.96 bits per heavy atom. The predicted octanol–water partition coefficient (Wildman–Crippen LogP) is 1.30. The quantitative estimate of drug-likeness (QED) is 0.734. The SMILES string of the molecule is COCCN1CC(COC)C2(CCN(c3cc(OC)ncn3)CC2)C1. The summed E-state index contributed by atoms with van der Waals surface area (Å²) in [6.45, 7) is 6.92. The second-order valence-electron chi connectivity index (χ2n) is 7.15. The molecule has 0 bridgehead atoms. The summed E-state index contributed by atoms with van der Waals surface area (Å²) in [4.78, 5) is 13.4. The van der Waals surface area contributed by atoms with E-state index in [1.165, 1.54) is 0 Å². The Labute approximate surface area is 150 Å². The van der Waals surface area contributed by atoms with E-state index >= 15 is 0 Å². The molecule has 7 nitrogen and oxygen atoms in total. The summed E-state index contributed by atoms with van der Waals surface area (Å²) in [5.74, 6) is 2.17. The van der Waals surface area contributed by atoms with Crippen molar-refractivity contribution in [1.29, 1.82) is 0 Å². The van der Waals surface area contributed by atoms with Crippen LogP contribution in [-0.2, 0) is 9.47 Å². The molecule has 0 aliphatic carbocycles. The molecule has 0 saturated carbocycles. The molecule has 1 unspecified atom stereocenters. The molecule has 140 valence electrons. The third-order valence-electron chi connectivity index (χ3n) is 5.78. The summed E-state index contributed by atoms with van der Waals surface area (Å²) < 4.78 is 16.0. The van der Waals surface area contributed by atoms with Crippen LogP contribution in [-0.4, -0.2) is 82.1 Å². The number of nitrogens with zero attached hydrogens (tertiary/aromatic N) is 4. The van der Waals surface area contributed by atoms with Crippen LogP contribution in [0.25, 0.3) is 0 Å². The van der Waals surface area contributed by atoms with E-state index in [4.69, 9.17) is 14.2 Å². The van der Waals surface area contributed by atoms with Gasteiger partial charge in [-0.1, -0.05) is 0 Å². The van der Waals surface area contributed by atoms with E-state index in [0.717, 1.165) is 64.6 Å². The highest BCUT2D eigenvalue weighted by Gasteiger charge is 2.47. The van der Waals surface area contributed by atoms with Crippen molar-refractivity contribution >= 4 is 5.82 Å². The Bertz CT molecular complexity index is 549. The van der Waals surface area contributed by atoms with Gasteiger partial charge in [0.15, 0.2) is 0 Å². The van der Waals surface area contributed by atoms with Gasteiger partial charge in [-0.05, 0) is 18.3 Å². The largest absolute Gasteiger partial charge is 0.481 e. The van der Waals surface area contributed by atoms with Crippen LogP contribution >= 0.6 is 0 Å². The molecule has 2 aliphatic rings. The summed E-state index contributed by atoms with van der Waals surface area (Å²) in [6.07, 6.45) is 3.90. The van der Waals surface area contributed by atoms with Crippen molar-refractivity contribution in [3.8, 4) is 5.88 Å². The molecule has 1 aromatic heterocycles. The minimum absolute atomic E-state index is 0.345. The van der Waals surface area contributed by atoms with Gasteiger partial charge in [-0.25, -0.2) is 9.97 Å². The highest BCUT2D eigenvalue weighted by Crippen LogP contribution is 2.45. The molecule has 1 spiro atoms. The Balaban J connectivity index is 1.65. The molecule has 0 radical (unpaired) electrons. The molecule has 25 heavy (non-hydrogen) atoms. The van der Waals surface area contributed by atoms with Crippen LogP contribution in [0.1, 0.15) is 12.8 Å². The fraction of sp³-hybridized carbons (Fsp3) is 0.778. The first-order chi connectivity index (χ1) is 12.2. The third-order valence-corrected chi connectivity index (χ3v) is 5.78. The summed E-state index contributed by atoms with van der Waals surface area (Å²) in [6, 6.07) is 1.92. The summed E-state index contributed by atoms with van der Waals surface area (Å²) >= 11 is 0. The zero-order chi connectivity index (χ0) is 17.7. The third kappa shape index (κ3) is 4.04. The smallest absolute Gasteiger partial charge is 0.218 e. The van der Waals surface area contributed by atoms with Crippen LogP contribution in [0.15, 0.2) is 12.4 Å². The number of rotatable bonds is 7. The lowest BCUT2D eigenvalue weighted by Gasteiger charge is -2.43. The number of hydrogen-bond acceptors (Lipinski definition) is 7. The fourth-order valence-electron chi connectivity index (χ4n) is 4.33. The van der Waals surface area contributed by atoms with Crippen molar-refractivity contribution in [2.45, 2.75) is 12.8 Å². The normalized spacial score (nSPS) is 23.3. The van der Waals surface area contributed by atoms with Gasteiger partial charge in [-0.3, -0.25) is 0 Å². The second-order valence-corrected chi connectivity index (χ2v) is 7.15. The molecule has 7 heteroatoms. The maximum atomic E-state index is 5.54. The standard InChI is InChI=1S/C18H30N4O3/c1-23-9-8-21-11-15(12-24-2)18(13-21)4-6-22(7-5-18)16-10-17(25-3)20-14-19-16/h10,14-15H,4-9,11-13H2,1-3H3. The van der Waals surface area contributed by atoms with Crippen molar-refractivity contribution in [2.75, 3.05) is 72.2 Å². The number of methoxy groups -OCH3 is 3. The first-order valence-electron chi connectivity index (χ1n) is 9.02. The van der Waals surface area contributed by atoms with Crippen molar-refractivity contribution < 1.29 is 14.2 Å². The average molecular weight is 350 g/mol. The van der Waals surface area contributed by atoms with Gasteiger partial charge in [0.05, 0.1) is 20.3 Å². The number of aromatic nitrogens is 2. The monoisotopic (exact) mass is 350 g/mol. The second kappa shape index (κ2) is 8.29. The molecule has 3 rings (SSSR count). The zero-order valence-electron chi connectivity index (χ0n) is 15.6. The van der Waals surface area contributed by atoms with Crippen LogP contribution in [0.5, 0.6) is 5.88 Å². The molecule has 2 aliphatic heterocycles. The first-order valence-corrected chi connectivity index (χ1v) is 9.02. The molecule has 3 heterocycles. The number of piperidine rings is 1. The van der Waals surface area contributed by atoms with E-state index in [0.29, 0.717) is 17.2 Å². The molecule has 2 saturated heterocycles. The molecular weight excluding hydrogens is 320 g/mol. The maximum Gasteiger partial charge on any atom is 0.218 e. The minimum Gasteiger partial charge on any atom is -0.481 e. The van der Waals surface area contributed by atoms with E-state index < -0.39 is 0 Å². The number of anilines is 1. The van der Waals surface area contributed by atoms with Crippen LogP contribution in [0.3, 0.4) is 0 Å². The van der Waals surface area contributed by atoms with Gasteiger partial charge in [0.25, 0.3) is 0 Å². The van der Waals surface area contributed by atoms with E-state index in [1.54, 1.807) is 20.5 Å². The zero-order valence-corrected chi connectivity index (χ0v) is 15.6. The van der Waals surface area contributed by atoms with Gasteiger partial charge in [-0.2, -0.15) is 0 Å². The number of likely N-dealkylation sites (tertiary alicyclic amines) is 1. The van der Waals surface area contributed by atoms with Crippen LogP contribution in [0.4, 0.5) is 5.82 Å². The van der Waals surface area contributed by atoms with Crippen LogP contribution in [0, 0.1) is 11.3 Å². The van der Waals surface area contributed by atoms with Crippen molar-refractivity contribution in [2.24, 2.45) is 11.3 Å². The first kappa shape index (κ1) is 18.4.